The van der Waals surface area contributed by atoms with Gasteiger partial charge in [-0.05, 0) is 105 Å². The summed E-state index contributed by atoms with van der Waals surface area (Å²) in [5.74, 6) is 0. The van der Waals surface area contributed by atoms with E-state index in [2.05, 4.69) is 206 Å². The van der Waals surface area contributed by atoms with Crippen molar-refractivity contribution >= 4 is 43.1 Å². The van der Waals surface area contributed by atoms with Crippen molar-refractivity contribution in [3.05, 3.63) is 206 Å². The summed E-state index contributed by atoms with van der Waals surface area (Å²) < 4.78 is 0. The molecular weight excluding hydrogens is 625 g/mol. The van der Waals surface area contributed by atoms with E-state index in [0.29, 0.717) is 0 Å². The zero-order valence-electron chi connectivity index (χ0n) is 28.6. The van der Waals surface area contributed by atoms with Gasteiger partial charge in [-0.15, -0.1) is 0 Å². The fourth-order valence-corrected chi connectivity index (χ4v) is 8.26. The van der Waals surface area contributed by atoms with Crippen molar-refractivity contribution in [1.29, 1.82) is 0 Å². The Balaban J connectivity index is 1.14. The quantitative estimate of drug-likeness (QED) is 0.128. The van der Waals surface area contributed by atoms with Crippen LogP contribution in [0.4, 0.5) is 0 Å². The van der Waals surface area contributed by atoms with Crippen LogP contribution in [0.1, 0.15) is 0 Å². The molecule has 0 nitrogen and oxygen atoms in total. The molecule has 0 radical (unpaired) electrons. The molecular formula is C52H34. The molecule has 0 saturated heterocycles. The first-order valence-corrected chi connectivity index (χ1v) is 18.0. The van der Waals surface area contributed by atoms with Crippen LogP contribution in [0.15, 0.2) is 206 Å². The molecule has 0 spiro atoms. The molecule has 10 aromatic carbocycles. The first-order valence-electron chi connectivity index (χ1n) is 18.0. The maximum Gasteiger partial charge on any atom is -0.00201 e. The van der Waals surface area contributed by atoms with Gasteiger partial charge >= 0.3 is 0 Å². The van der Waals surface area contributed by atoms with E-state index < -0.39 is 0 Å². The molecule has 242 valence electrons. The van der Waals surface area contributed by atoms with Crippen molar-refractivity contribution in [1.82, 2.24) is 0 Å². The minimum Gasteiger partial charge on any atom is -0.0622 e. The Bertz CT molecular complexity index is 2860. The van der Waals surface area contributed by atoms with E-state index in [1.165, 1.54) is 98.7 Å². The summed E-state index contributed by atoms with van der Waals surface area (Å²) in [5.41, 5.74) is 12.4. The first kappa shape index (κ1) is 30.1. The van der Waals surface area contributed by atoms with Gasteiger partial charge in [0.05, 0.1) is 0 Å². The summed E-state index contributed by atoms with van der Waals surface area (Å²) in [6.45, 7) is 0. The van der Waals surface area contributed by atoms with Gasteiger partial charge in [0.25, 0.3) is 0 Å². The number of hydrogen-bond acceptors (Lipinski definition) is 0. The van der Waals surface area contributed by atoms with E-state index in [0.717, 1.165) is 0 Å². The van der Waals surface area contributed by atoms with E-state index in [4.69, 9.17) is 0 Å². The Morgan fingerprint density at radius 3 is 1.23 bits per heavy atom. The lowest BCUT2D eigenvalue weighted by molar-refractivity contribution is 1.58. The Morgan fingerprint density at radius 2 is 0.596 bits per heavy atom. The van der Waals surface area contributed by atoms with Crippen molar-refractivity contribution in [2.75, 3.05) is 0 Å². The molecule has 0 fully saturated rings. The van der Waals surface area contributed by atoms with Crippen molar-refractivity contribution in [3.63, 3.8) is 0 Å². The third kappa shape index (κ3) is 5.00. The molecule has 0 heteroatoms. The molecule has 0 saturated carbocycles. The standard InChI is InChI=1S/C52H34/c1-2-14-35(15-3-1)36-26-28-37(29-27-36)41-17-6-9-21-45(41)52-48-24-12-10-22-46(48)51(47-23-11-13-25-49(47)52)39-32-30-38(31-33-39)50-34-40-16-4-5-18-42(40)43-19-7-8-20-44(43)50/h1-34H. The maximum absolute atomic E-state index is 2.35. The predicted octanol–water partition coefficient (Wildman–Crippen LogP) is 14.6. The fourth-order valence-electron chi connectivity index (χ4n) is 8.26. The highest BCUT2D eigenvalue weighted by Gasteiger charge is 2.19. The summed E-state index contributed by atoms with van der Waals surface area (Å²) in [6.07, 6.45) is 0. The summed E-state index contributed by atoms with van der Waals surface area (Å²) in [6, 6.07) is 75.4. The van der Waals surface area contributed by atoms with Crippen LogP contribution < -0.4 is 0 Å². The van der Waals surface area contributed by atoms with E-state index in [-0.39, 0.29) is 0 Å². The van der Waals surface area contributed by atoms with Gasteiger partial charge in [0, 0.05) is 0 Å². The molecule has 0 aromatic heterocycles. The van der Waals surface area contributed by atoms with Crippen LogP contribution >= 0.6 is 0 Å². The molecule has 0 atom stereocenters. The van der Waals surface area contributed by atoms with Crippen LogP contribution in [-0.2, 0) is 0 Å². The van der Waals surface area contributed by atoms with E-state index >= 15 is 0 Å². The molecule has 0 aliphatic heterocycles. The second-order valence-electron chi connectivity index (χ2n) is 13.6. The average Bonchev–Trinajstić information content (AvgIpc) is 3.23. The number of rotatable bonds is 5. The lowest BCUT2D eigenvalue weighted by Crippen LogP contribution is -1.93. The molecule has 52 heavy (non-hydrogen) atoms. The second-order valence-corrected chi connectivity index (χ2v) is 13.6. The van der Waals surface area contributed by atoms with E-state index in [1.807, 2.05) is 0 Å². The molecule has 0 aliphatic carbocycles. The summed E-state index contributed by atoms with van der Waals surface area (Å²) >= 11 is 0. The molecule has 0 N–H and O–H groups in total. The Labute approximate surface area is 303 Å². The van der Waals surface area contributed by atoms with Crippen molar-refractivity contribution in [2.24, 2.45) is 0 Å². The minimum absolute atomic E-state index is 1.21. The molecule has 10 aromatic rings. The highest BCUT2D eigenvalue weighted by molar-refractivity contribution is 6.22. The Kier molecular flexibility index (Phi) is 7.25. The van der Waals surface area contributed by atoms with E-state index in [9.17, 15) is 0 Å². The lowest BCUT2D eigenvalue weighted by atomic mass is 9.83. The van der Waals surface area contributed by atoms with Crippen molar-refractivity contribution < 1.29 is 0 Å². The first-order chi connectivity index (χ1) is 25.8. The Morgan fingerprint density at radius 1 is 0.192 bits per heavy atom. The summed E-state index contributed by atoms with van der Waals surface area (Å²) in [7, 11) is 0. The maximum atomic E-state index is 2.35. The third-order valence-electron chi connectivity index (χ3n) is 10.7. The average molecular weight is 659 g/mol. The van der Waals surface area contributed by atoms with Crippen molar-refractivity contribution in [3.8, 4) is 55.6 Å². The van der Waals surface area contributed by atoms with Crippen LogP contribution in [0.5, 0.6) is 0 Å². The Hall–Kier alpha value is -6.76. The number of fused-ring (bicyclic) bond motifs is 5. The highest BCUT2D eigenvalue weighted by atomic mass is 14.2. The van der Waals surface area contributed by atoms with Gasteiger partial charge < -0.3 is 0 Å². The molecule has 10 rings (SSSR count). The zero-order chi connectivity index (χ0) is 34.4. The monoisotopic (exact) mass is 658 g/mol. The third-order valence-corrected chi connectivity index (χ3v) is 10.7. The number of benzene rings is 10. The van der Waals surface area contributed by atoms with Gasteiger partial charge in [0.1, 0.15) is 0 Å². The molecule has 0 heterocycles. The van der Waals surface area contributed by atoms with Gasteiger partial charge in [0.15, 0.2) is 0 Å². The normalized spacial score (nSPS) is 11.5. The molecule has 0 bridgehead atoms. The van der Waals surface area contributed by atoms with Crippen LogP contribution in [0.25, 0.3) is 98.7 Å². The van der Waals surface area contributed by atoms with Gasteiger partial charge in [-0.1, -0.05) is 200 Å². The largest absolute Gasteiger partial charge is 0.0622 e. The van der Waals surface area contributed by atoms with Crippen LogP contribution in [-0.4, -0.2) is 0 Å². The van der Waals surface area contributed by atoms with Crippen LogP contribution in [0.2, 0.25) is 0 Å². The molecule has 0 amide bonds. The van der Waals surface area contributed by atoms with Gasteiger partial charge in [-0.25, -0.2) is 0 Å². The minimum atomic E-state index is 1.21. The predicted molar refractivity (Wildman–Crippen MR) is 224 cm³/mol. The van der Waals surface area contributed by atoms with E-state index in [1.54, 1.807) is 0 Å². The summed E-state index contributed by atoms with van der Waals surface area (Å²) in [5, 5.41) is 10.2. The summed E-state index contributed by atoms with van der Waals surface area (Å²) in [4.78, 5) is 0. The SMILES string of the molecule is c1ccc(-c2ccc(-c3ccccc3-c3c4ccccc4c(-c4ccc(-c5cc6ccccc6c6ccccc56)cc4)c4ccccc34)cc2)cc1. The highest BCUT2D eigenvalue weighted by Crippen LogP contribution is 2.46. The zero-order valence-corrected chi connectivity index (χ0v) is 28.6. The second kappa shape index (κ2) is 12.5. The van der Waals surface area contributed by atoms with Crippen molar-refractivity contribution in [2.45, 2.75) is 0 Å². The van der Waals surface area contributed by atoms with Crippen LogP contribution in [0, 0.1) is 0 Å². The molecule has 0 aliphatic rings. The van der Waals surface area contributed by atoms with Gasteiger partial charge in [-0.3, -0.25) is 0 Å². The topological polar surface area (TPSA) is 0 Å². The van der Waals surface area contributed by atoms with Gasteiger partial charge in [0.2, 0.25) is 0 Å². The fraction of sp³-hybridized carbons (Fsp3) is 0. The molecule has 0 unspecified atom stereocenters. The number of hydrogen-bond donors (Lipinski definition) is 0. The van der Waals surface area contributed by atoms with Gasteiger partial charge in [-0.2, -0.15) is 0 Å². The lowest BCUT2D eigenvalue weighted by Gasteiger charge is -2.20. The smallest absolute Gasteiger partial charge is 0.00201 e. The van der Waals surface area contributed by atoms with Crippen LogP contribution in [0.3, 0.4) is 0 Å².